The lowest BCUT2D eigenvalue weighted by Crippen LogP contribution is -2.58. The fourth-order valence-electron chi connectivity index (χ4n) is 4.47. The number of hydrogen-bond acceptors (Lipinski definition) is 2. The summed E-state index contributed by atoms with van der Waals surface area (Å²) in [6.07, 6.45) is 12.4. The number of rotatable bonds is 4. The second kappa shape index (κ2) is 6.58. The Bertz CT molecular complexity index is 268. The third-order valence-corrected chi connectivity index (χ3v) is 6.20. The first-order chi connectivity index (χ1) is 9.11. The van der Waals surface area contributed by atoms with Crippen molar-refractivity contribution in [1.29, 1.82) is 0 Å². The molecular weight excluding hydrogens is 232 g/mol. The number of hydrogen-bond donors (Lipinski definition) is 1. The average Bonchev–Trinajstić information content (AvgIpc) is 2.46. The Hall–Kier alpha value is -0.0800. The van der Waals surface area contributed by atoms with Crippen molar-refractivity contribution < 1.29 is 0 Å². The molecule has 2 unspecified atom stereocenters. The van der Waals surface area contributed by atoms with Crippen molar-refractivity contribution in [3.63, 3.8) is 0 Å². The van der Waals surface area contributed by atoms with Crippen LogP contribution in [0.4, 0.5) is 0 Å². The molecule has 0 aromatic heterocycles. The van der Waals surface area contributed by atoms with Crippen LogP contribution in [0.1, 0.15) is 71.6 Å². The molecule has 2 N–H and O–H groups in total. The van der Waals surface area contributed by atoms with E-state index in [1.807, 2.05) is 0 Å². The molecule has 2 heteroatoms. The molecule has 0 saturated heterocycles. The Labute approximate surface area is 120 Å². The molecule has 0 spiro atoms. The molecule has 2 atom stereocenters. The van der Waals surface area contributed by atoms with Gasteiger partial charge in [-0.2, -0.15) is 0 Å². The molecule has 2 nitrogen and oxygen atoms in total. The fourth-order valence-corrected chi connectivity index (χ4v) is 4.47. The fraction of sp³-hybridized carbons (Fsp3) is 1.00. The Kier molecular flexibility index (Phi) is 5.30. The zero-order chi connectivity index (χ0) is 13.9. The van der Waals surface area contributed by atoms with Crippen molar-refractivity contribution in [2.75, 3.05) is 13.6 Å². The van der Waals surface area contributed by atoms with E-state index in [2.05, 4.69) is 25.8 Å². The minimum Gasteiger partial charge on any atom is -0.329 e. The van der Waals surface area contributed by atoms with Crippen LogP contribution < -0.4 is 5.73 Å². The van der Waals surface area contributed by atoms with E-state index >= 15 is 0 Å². The lowest BCUT2D eigenvalue weighted by Gasteiger charge is -2.50. The van der Waals surface area contributed by atoms with Gasteiger partial charge in [0.05, 0.1) is 0 Å². The molecule has 19 heavy (non-hydrogen) atoms. The van der Waals surface area contributed by atoms with E-state index < -0.39 is 0 Å². The zero-order valence-electron chi connectivity index (χ0n) is 13.3. The summed E-state index contributed by atoms with van der Waals surface area (Å²) in [7, 11) is 2.36. The largest absolute Gasteiger partial charge is 0.329 e. The van der Waals surface area contributed by atoms with Gasteiger partial charge in [0.15, 0.2) is 0 Å². The van der Waals surface area contributed by atoms with Crippen LogP contribution in [0, 0.1) is 11.8 Å². The molecule has 2 aliphatic carbocycles. The van der Waals surface area contributed by atoms with Crippen molar-refractivity contribution in [1.82, 2.24) is 4.90 Å². The first kappa shape index (κ1) is 15.3. The molecule has 0 aromatic carbocycles. The molecule has 0 aliphatic heterocycles. The molecule has 112 valence electrons. The summed E-state index contributed by atoms with van der Waals surface area (Å²) in [5, 5.41) is 0. The van der Waals surface area contributed by atoms with Crippen molar-refractivity contribution >= 4 is 0 Å². The van der Waals surface area contributed by atoms with Gasteiger partial charge in [-0.3, -0.25) is 4.90 Å². The van der Waals surface area contributed by atoms with Gasteiger partial charge >= 0.3 is 0 Å². The summed E-state index contributed by atoms with van der Waals surface area (Å²) < 4.78 is 0. The van der Waals surface area contributed by atoms with Gasteiger partial charge in [-0.25, -0.2) is 0 Å². The van der Waals surface area contributed by atoms with Crippen LogP contribution >= 0.6 is 0 Å². The SMILES string of the molecule is CCC1CCC(CN)(N(C)C2CCCC(C)C2)CC1. The highest BCUT2D eigenvalue weighted by atomic mass is 15.2. The van der Waals surface area contributed by atoms with Crippen LogP contribution in [0.3, 0.4) is 0 Å². The van der Waals surface area contributed by atoms with E-state index in [0.29, 0.717) is 5.54 Å². The molecule has 2 rings (SSSR count). The smallest absolute Gasteiger partial charge is 0.0331 e. The van der Waals surface area contributed by atoms with Gasteiger partial charge < -0.3 is 5.73 Å². The quantitative estimate of drug-likeness (QED) is 0.838. The summed E-state index contributed by atoms with van der Waals surface area (Å²) in [5.74, 6) is 1.86. The molecule has 2 saturated carbocycles. The van der Waals surface area contributed by atoms with Gasteiger partial charge in [0, 0.05) is 18.1 Å². The predicted octanol–water partition coefficient (Wildman–Crippen LogP) is 3.79. The van der Waals surface area contributed by atoms with Crippen LogP contribution in [0.15, 0.2) is 0 Å². The zero-order valence-corrected chi connectivity index (χ0v) is 13.3. The van der Waals surface area contributed by atoms with E-state index in [0.717, 1.165) is 24.4 Å². The van der Waals surface area contributed by atoms with Crippen molar-refractivity contribution in [2.24, 2.45) is 17.6 Å². The first-order valence-electron chi connectivity index (χ1n) is 8.54. The van der Waals surface area contributed by atoms with Crippen molar-refractivity contribution in [3.05, 3.63) is 0 Å². The summed E-state index contributed by atoms with van der Waals surface area (Å²) in [5.41, 5.74) is 6.54. The highest BCUT2D eigenvalue weighted by molar-refractivity contribution is 4.97. The molecule has 2 aliphatic rings. The van der Waals surface area contributed by atoms with Gasteiger partial charge in [0.2, 0.25) is 0 Å². The third kappa shape index (κ3) is 3.33. The molecule has 0 bridgehead atoms. The van der Waals surface area contributed by atoms with Crippen molar-refractivity contribution in [3.8, 4) is 0 Å². The summed E-state index contributed by atoms with van der Waals surface area (Å²) >= 11 is 0. The highest BCUT2D eigenvalue weighted by Gasteiger charge is 2.40. The van der Waals surface area contributed by atoms with E-state index in [1.165, 1.54) is 57.8 Å². The maximum atomic E-state index is 6.23. The molecule has 0 amide bonds. The van der Waals surface area contributed by atoms with Gasteiger partial charge in [0.1, 0.15) is 0 Å². The van der Waals surface area contributed by atoms with E-state index in [4.69, 9.17) is 5.73 Å². The Morgan fingerprint density at radius 1 is 1.16 bits per heavy atom. The van der Waals surface area contributed by atoms with Gasteiger partial charge in [0.25, 0.3) is 0 Å². The van der Waals surface area contributed by atoms with Crippen molar-refractivity contribution in [2.45, 2.75) is 83.2 Å². The van der Waals surface area contributed by atoms with Crippen LogP contribution in [0.2, 0.25) is 0 Å². The summed E-state index contributed by atoms with van der Waals surface area (Å²) in [6, 6.07) is 0.783. The normalized spacial score (nSPS) is 40.6. The summed E-state index contributed by atoms with van der Waals surface area (Å²) in [4.78, 5) is 2.70. The second-order valence-electron chi connectivity index (χ2n) is 7.32. The number of nitrogens with two attached hydrogens (primary N) is 1. The monoisotopic (exact) mass is 266 g/mol. The Morgan fingerprint density at radius 2 is 1.84 bits per heavy atom. The maximum Gasteiger partial charge on any atom is 0.0331 e. The average molecular weight is 266 g/mol. The van der Waals surface area contributed by atoms with Crippen LogP contribution in [0.25, 0.3) is 0 Å². The standard InChI is InChI=1S/C17H34N2/c1-4-15-8-10-17(13-18,11-9-15)19(3)16-7-5-6-14(2)12-16/h14-16H,4-13,18H2,1-3H3. The topological polar surface area (TPSA) is 29.3 Å². The number of likely N-dealkylation sites (N-methyl/N-ethyl adjacent to an activating group) is 1. The van der Waals surface area contributed by atoms with Crippen LogP contribution in [-0.2, 0) is 0 Å². The third-order valence-electron chi connectivity index (χ3n) is 6.20. The Morgan fingerprint density at radius 3 is 2.37 bits per heavy atom. The highest BCUT2D eigenvalue weighted by Crippen LogP contribution is 2.40. The van der Waals surface area contributed by atoms with E-state index in [-0.39, 0.29) is 0 Å². The van der Waals surface area contributed by atoms with E-state index in [1.54, 1.807) is 0 Å². The molecule has 0 radical (unpaired) electrons. The van der Waals surface area contributed by atoms with E-state index in [9.17, 15) is 0 Å². The van der Waals surface area contributed by atoms with Crippen LogP contribution in [0.5, 0.6) is 0 Å². The second-order valence-corrected chi connectivity index (χ2v) is 7.32. The lowest BCUT2D eigenvalue weighted by atomic mass is 9.73. The van der Waals surface area contributed by atoms with Gasteiger partial charge in [-0.15, -0.1) is 0 Å². The predicted molar refractivity (Wildman–Crippen MR) is 83.2 cm³/mol. The van der Waals surface area contributed by atoms with Gasteiger partial charge in [-0.1, -0.05) is 33.1 Å². The van der Waals surface area contributed by atoms with Gasteiger partial charge in [-0.05, 0) is 57.4 Å². The Balaban J connectivity index is 2.00. The molecule has 0 aromatic rings. The first-order valence-corrected chi connectivity index (χ1v) is 8.54. The lowest BCUT2D eigenvalue weighted by molar-refractivity contribution is 0.00994. The minimum atomic E-state index is 0.313. The van der Waals surface area contributed by atoms with Crippen LogP contribution in [-0.4, -0.2) is 30.1 Å². The molecular formula is C17H34N2. The minimum absolute atomic E-state index is 0.313. The molecule has 2 fully saturated rings. The maximum absolute atomic E-state index is 6.23. The number of nitrogens with zero attached hydrogens (tertiary/aromatic N) is 1. The molecule has 0 heterocycles. The summed E-state index contributed by atoms with van der Waals surface area (Å²) in [6.45, 7) is 5.61.